The Morgan fingerprint density at radius 1 is 0.512 bits per heavy atom. The number of aliphatic hydroxyl groups excluding tert-OH is 2. The Hall–Kier alpha value is -10.5. The zero-order valence-electron chi connectivity index (χ0n) is 68.6. The summed E-state index contributed by atoms with van der Waals surface area (Å²) in [7, 11) is 0. The standard InChI is InChI=1S/C20H21NO4.C20H23NO3.C13H15NO4.C11H15NO3.C7H7Br.C7H6O.C6H11NO3.C4H9NO3.C2H2Cl2O.H2/c1-20(19(23)25-13-17-10-6-3-7-11-17)15-24-14-18(22)21(20)12-16-8-4-2-5-9-16;1-20(19(22)24-15-18-10-6-3-7-11-18)16-23-13-12-21(20)14-17-8-4-2-5-9-17;1-13(12(16)17)9-18-8-11(15)14(13)7-10-5-3-2-4-6-10;1-11(8-13,10(14)15)12-7-9-5-3-2-4-6-9;2*8-6-7-4-2-1-3-5-7;1-6(5(8)9)4-10-3-2-7-6;1-4(5,2-6)3(7)8;3-1-2(4)5;/h2-11H,12-15H2,1H3;2-11H,12-16H2,1H3;2-6H,7-9H2,1H3,(H,16,17);2-6,12-13H,7-8H2,1H3,(H,14,15);1-5H,6H2;1-6H;7H,2-4H2,1H3,(H,8,9);6H,2,5H2,1H3,(H,7,8);1H2;1H/t2*20-;13-;11-;;;6-;4-;;/m0000..00../s1. The molecule has 0 aromatic heterocycles. The Bertz CT molecular complexity index is 4420. The van der Waals surface area contributed by atoms with Gasteiger partial charge in [0, 0.05) is 51.6 Å². The number of carbonyl (C=O) groups excluding carboxylic acids is 6. The monoisotopic (exact) mass is 1780 g/mol. The van der Waals surface area contributed by atoms with Crippen molar-refractivity contribution in [2.45, 2.75) is 119 Å². The minimum atomic E-state index is -1.49. The molecule has 0 bridgehead atoms. The summed E-state index contributed by atoms with van der Waals surface area (Å²) in [6, 6.07) is 77.1. The molecule has 0 spiro atoms. The summed E-state index contributed by atoms with van der Waals surface area (Å²) in [5.41, 5.74) is 6.13. The van der Waals surface area contributed by atoms with Gasteiger partial charge in [0.25, 0.3) is 0 Å². The zero-order valence-corrected chi connectivity index (χ0v) is 71.7. The van der Waals surface area contributed by atoms with Gasteiger partial charge in [0.1, 0.15) is 54.9 Å². The van der Waals surface area contributed by atoms with Crippen LogP contribution in [0.5, 0.6) is 0 Å². The Morgan fingerprint density at radius 2 is 0.876 bits per heavy atom. The van der Waals surface area contributed by atoms with E-state index in [1.165, 1.54) is 36.8 Å². The Kier molecular flexibility index (Phi) is 45.9. The van der Waals surface area contributed by atoms with Crippen LogP contribution in [0.4, 0.5) is 0 Å². The second-order valence-electron chi connectivity index (χ2n) is 28.9. The van der Waals surface area contributed by atoms with Crippen LogP contribution in [0.2, 0.25) is 0 Å². The van der Waals surface area contributed by atoms with Crippen LogP contribution in [0, 0.1) is 0 Å². The molecular formula is C90H111BrCl2N6O22. The fourth-order valence-corrected chi connectivity index (χ4v) is 11.2. The first-order valence-corrected chi connectivity index (χ1v) is 40.3. The minimum Gasteiger partial charge on any atom is -0.480 e. The highest BCUT2D eigenvalue weighted by atomic mass is 79.9. The minimum absolute atomic E-state index is 0. The van der Waals surface area contributed by atoms with Crippen LogP contribution in [-0.2, 0) is 116 Å². The molecule has 4 aliphatic rings. The molecule has 121 heavy (non-hydrogen) atoms. The lowest BCUT2D eigenvalue weighted by molar-refractivity contribution is -0.180. The van der Waals surface area contributed by atoms with Crippen LogP contribution in [-0.4, -0.2) is 223 Å². The van der Waals surface area contributed by atoms with Crippen LogP contribution in [0.1, 0.15) is 92.3 Å². The fraction of sp³-hybridized carbons (Fsp3) is 0.356. The second-order valence-corrected chi connectivity index (χ2v) is 30.1. The molecule has 28 nitrogen and oxygen atoms in total. The van der Waals surface area contributed by atoms with E-state index < -0.39 is 81.5 Å². The number of nitrogens with one attached hydrogen (secondary N) is 2. The van der Waals surface area contributed by atoms with Crippen molar-refractivity contribution in [3.05, 3.63) is 287 Å². The number of alkyl halides is 2. The highest BCUT2D eigenvalue weighted by Crippen LogP contribution is 2.28. The van der Waals surface area contributed by atoms with E-state index in [2.05, 4.69) is 55.7 Å². The number of aldehydes is 1. The number of aliphatic hydroxyl groups is 2. The molecule has 4 fully saturated rings. The third-order valence-corrected chi connectivity index (χ3v) is 19.9. The van der Waals surface area contributed by atoms with Crippen molar-refractivity contribution in [2.24, 2.45) is 5.73 Å². The number of ether oxygens (including phenoxy) is 6. The summed E-state index contributed by atoms with van der Waals surface area (Å²) >= 11 is 12.9. The summed E-state index contributed by atoms with van der Waals surface area (Å²) in [6.07, 6.45) is 0.833. The zero-order chi connectivity index (χ0) is 89.3. The quantitative estimate of drug-likeness (QED) is 0.0117. The topological polar surface area (TPSA) is 407 Å². The van der Waals surface area contributed by atoms with Crippen LogP contribution >= 0.6 is 39.1 Å². The van der Waals surface area contributed by atoms with Crippen LogP contribution in [0.15, 0.2) is 243 Å². The number of carboxylic acids is 4. The Labute approximate surface area is 725 Å². The van der Waals surface area contributed by atoms with Gasteiger partial charge in [-0.1, -0.05) is 259 Å². The average molecular weight is 1780 g/mol. The number of rotatable bonds is 24. The lowest BCUT2D eigenvalue weighted by atomic mass is 9.98. The molecule has 10 N–H and O–H groups in total. The molecule has 8 aromatic rings. The number of carboxylic acid groups (broad SMARTS) is 4. The van der Waals surface area contributed by atoms with Crippen molar-refractivity contribution in [3.8, 4) is 0 Å². The predicted molar refractivity (Wildman–Crippen MR) is 462 cm³/mol. The van der Waals surface area contributed by atoms with Crippen molar-refractivity contribution < 1.29 is 108 Å². The molecule has 12 rings (SSSR count). The molecule has 6 atom stereocenters. The number of esters is 2. The number of morpholine rings is 4. The smallest absolute Gasteiger partial charge is 0.334 e. The number of nitrogens with two attached hydrogens (primary N) is 1. The average Bonchev–Trinajstić information content (AvgIpc) is 0.794. The number of aliphatic carboxylic acids is 4. The molecule has 4 saturated heterocycles. The molecule has 0 saturated carbocycles. The third kappa shape index (κ3) is 36.0. The van der Waals surface area contributed by atoms with E-state index in [0.29, 0.717) is 52.5 Å². The molecule has 4 aliphatic heterocycles. The molecule has 8 aromatic carbocycles. The number of halogens is 3. The van der Waals surface area contributed by atoms with E-state index in [1.54, 1.807) is 30.9 Å². The molecule has 654 valence electrons. The van der Waals surface area contributed by atoms with Crippen molar-refractivity contribution in [3.63, 3.8) is 0 Å². The van der Waals surface area contributed by atoms with Crippen molar-refractivity contribution in [1.29, 1.82) is 0 Å². The summed E-state index contributed by atoms with van der Waals surface area (Å²) in [4.78, 5) is 117. The molecule has 0 aliphatic carbocycles. The fourth-order valence-electron chi connectivity index (χ4n) is 10.8. The van der Waals surface area contributed by atoms with Crippen molar-refractivity contribution in [2.75, 3.05) is 85.0 Å². The first-order valence-electron chi connectivity index (χ1n) is 38.2. The van der Waals surface area contributed by atoms with E-state index in [9.17, 15) is 53.1 Å². The summed E-state index contributed by atoms with van der Waals surface area (Å²) in [6.45, 7) is 13.9. The number of benzene rings is 8. The normalized spacial score (nSPS) is 19.2. The number of carbonyl (C=O) groups is 10. The van der Waals surface area contributed by atoms with E-state index in [1.807, 2.05) is 213 Å². The summed E-state index contributed by atoms with van der Waals surface area (Å²) in [5.74, 6) is -5.45. The van der Waals surface area contributed by atoms with Crippen LogP contribution < -0.4 is 16.4 Å². The molecule has 31 heteroatoms. The lowest BCUT2D eigenvalue weighted by Gasteiger charge is -2.42. The number of amides is 2. The van der Waals surface area contributed by atoms with Gasteiger partial charge in [-0.15, -0.1) is 11.6 Å². The molecule has 0 unspecified atom stereocenters. The van der Waals surface area contributed by atoms with Crippen LogP contribution in [0.25, 0.3) is 0 Å². The first-order chi connectivity index (χ1) is 57.7. The predicted octanol–water partition coefficient (Wildman–Crippen LogP) is 10.6. The molecule has 2 amide bonds. The maximum atomic E-state index is 12.7. The largest absolute Gasteiger partial charge is 0.480 e. The molecule has 4 heterocycles. The molecular weight excluding hydrogens is 1670 g/mol. The third-order valence-electron chi connectivity index (χ3n) is 18.7. The number of hydrogen-bond donors (Lipinski definition) is 9. The Morgan fingerprint density at radius 3 is 1.20 bits per heavy atom. The maximum absolute atomic E-state index is 12.7. The highest BCUT2D eigenvalue weighted by Gasteiger charge is 2.48. The maximum Gasteiger partial charge on any atom is 0.334 e. The second kappa shape index (κ2) is 54.0. The van der Waals surface area contributed by atoms with Crippen LogP contribution in [0.3, 0.4) is 0 Å². The van der Waals surface area contributed by atoms with Crippen molar-refractivity contribution in [1.82, 2.24) is 25.3 Å². The van der Waals surface area contributed by atoms with E-state index >= 15 is 0 Å². The van der Waals surface area contributed by atoms with Gasteiger partial charge in [-0.05, 0) is 92.1 Å². The van der Waals surface area contributed by atoms with Gasteiger partial charge in [-0.3, -0.25) is 49.1 Å². The number of nitrogens with zero attached hydrogens (tertiary/aromatic N) is 3. The van der Waals surface area contributed by atoms with Gasteiger partial charge in [-0.2, -0.15) is 0 Å². The van der Waals surface area contributed by atoms with E-state index in [4.69, 9.17) is 82.9 Å². The van der Waals surface area contributed by atoms with E-state index in [0.717, 1.165) is 45.0 Å². The van der Waals surface area contributed by atoms with Gasteiger partial charge in [-0.25, -0.2) is 14.4 Å². The summed E-state index contributed by atoms with van der Waals surface area (Å²) < 4.78 is 32.0. The first kappa shape index (κ1) is 103. The van der Waals surface area contributed by atoms with Gasteiger partial charge in [0.05, 0.1) is 58.7 Å². The van der Waals surface area contributed by atoms with Gasteiger partial charge in [0.15, 0.2) is 11.1 Å². The van der Waals surface area contributed by atoms with E-state index in [-0.39, 0.29) is 77.9 Å². The van der Waals surface area contributed by atoms with Crippen molar-refractivity contribution >= 4 is 98.3 Å². The van der Waals surface area contributed by atoms with Gasteiger partial charge < -0.3 is 74.6 Å². The Balaban J connectivity index is 0.000000369. The highest BCUT2D eigenvalue weighted by molar-refractivity contribution is 9.08. The number of hydrogen-bond acceptors (Lipinski definition) is 22. The summed E-state index contributed by atoms with van der Waals surface area (Å²) in [5, 5.41) is 58.4. The van der Waals surface area contributed by atoms with Gasteiger partial charge in [0.2, 0.25) is 17.1 Å². The SMILES string of the molecule is BrCc1ccccc1.C[C@@](CO)(NCc1ccccc1)C(=O)O.C[C@@]1(C(=O)O)COCC(=O)N1Cc1ccccc1.C[C@@]1(C(=O)O)COCCN1.C[C@@]1(C(=O)OCc2ccccc2)COCC(=O)N1Cc1ccccc1.C[C@@]1(C(=O)OCc2ccccc2)COCCN1Cc1ccccc1.C[C@](N)(CO)C(=O)O.O=C(Cl)CCl.O=Cc1ccccc1.[HH]. The van der Waals surface area contributed by atoms with Gasteiger partial charge >= 0.3 is 35.8 Å². The molecule has 0 radical (unpaired) electrons. The lowest BCUT2D eigenvalue weighted by Crippen LogP contribution is -2.62.